The van der Waals surface area contributed by atoms with Crippen molar-refractivity contribution < 1.29 is 0 Å². The van der Waals surface area contributed by atoms with Crippen molar-refractivity contribution in [2.45, 2.75) is 53.4 Å². The fourth-order valence-corrected chi connectivity index (χ4v) is 2.71. The molecule has 0 nitrogen and oxygen atoms in total. The summed E-state index contributed by atoms with van der Waals surface area (Å²) in [6.07, 6.45) is 5.03. The zero-order valence-corrected chi connectivity index (χ0v) is 14.1. The topological polar surface area (TPSA) is 0 Å². The minimum atomic E-state index is 0.873. The molecule has 0 aliphatic heterocycles. The van der Waals surface area contributed by atoms with Gasteiger partial charge in [0.05, 0.1) is 0 Å². The van der Waals surface area contributed by atoms with E-state index in [1.165, 1.54) is 31.2 Å². The molecule has 0 unspecified atom stereocenters. The lowest BCUT2D eigenvalue weighted by Crippen LogP contribution is -1.89. The highest BCUT2D eigenvalue weighted by Crippen LogP contribution is 2.25. The van der Waals surface area contributed by atoms with Crippen LogP contribution in [0.4, 0.5) is 0 Å². The van der Waals surface area contributed by atoms with Crippen molar-refractivity contribution in [1.82, 2.24) is 0 Å². The third kappa shape index (κ3) is 6.16. The van der Waals surface area contributed by atoms with Crippen molar-refractivity contribution >= 4 is 0 Å². The van der Waals surface area contributed by atoms with E-state index in [1.54, 1.807) is 11.1 Å². The Balaban J connectivity index is 0.000000189. The highest BCUT2D eigenvalue weighted by atomic mass is 14.2. The summed E-state index contributed by atoms with van der Waals surface area (Å²) < 4.78 is 0. The second-order valence-electron chi connectivity index (χ2n) is 5.52. The van der Waals surface area contributed by atoms with Crippen LogP contribution in [0.25, 0.3) is 0 Å². The fraction of sp³-hybridized carbons (Fsp3) is 0.429. The van der Waals surface area contributed by atoms with E-state index >= 15 is 0 Å². The van der Waals surface area contributed by atoms with E-state index in [9.17, 15) is 0 Å². The molecule has 0 radical (unpaired) electrons. The van der Waals surface area contributed by atoms with Crippen LogP contribution in [0.2, 0.25) is 0 Å². The zero-order chi connectivity index (χ0) is 15.5. The van der Waals surface area contributed by atoms with Crippen LogP contribution >= 0.6 is 0 Å². The second-order valence-corrected chi connectivity index (χ2v) is 5.52. The molecule has 0 atom stereocenters. The molecule has 114 valence electrons. The summed E-state index contributed by atoms with van der Waals surface area (Å²) >= 11 is 0. The summed E-state index contributed by atoms with van der Waals surface area (Å²) in [5, 5.41) is 0. The van der Waals surface area contributed by atoms with Crippen LogP contribution in [0.1, 0.15) is 50.8 Å². The molecule has 2 aromatic carbocycles. The van der Waals surface area contributed by atoms with E-state index in [0.717, 1.165) is 5.92 Å². The summed E-state index contributed by atoms with van der Waals surface area (Å²) in [6, 6.07) is 19.3. The summed E-state index contributed by atoms with van der Waals surface area (Å²) in [5.74, 6) is 0.873. The molecule has 0 heteroatoms. The molecule has 1 aliphatic rings. The van der Waals surface area contributed by atoms with Crippen LogP contribution in [0.5, 0.6) is 0 Å². The Labute approximate surface area is 131 Å². The highest BCUT2D eigenvalue weighted by Gasteiger charge is 2.15. The second kappa shape index (κ2) is 10.2. The van der Waals surface area contributed by atoms with E-state index in [0.29, 0.717) is 0 Å². The van der Waals surface area contributed by atoms with Gasteiger partial charge in [-0.3, -0.25) is 0 Å². The van der Waals surface area contributed by atoms with E-state index in [2.05, 4.69) is 68.4 Å². The van der Waals surface area contributed by atoms with Gasteiger partial charge in [0.25, 0.3) is 0 Å². The third-order valence-electron chi connectivity index (χ3n) is 3.64. The van der Waals surface area contributed by atoms with Crippen LogP contribution in [-0.4, -0.2) is 0 Å². The van der Waals surface area contributed by atoms with Crippen molar-refractivity contribution in [3.8, 4) is 0 Å². The molecule has 3 rings (SSSR count). The van der Waals surface area contributed by atoms with Gasteiger partial charge in [0.15, 0.2) is 0 Å². The highest BCUT2D eigenvalue weighted by molar-refractivity contribution is 5.31. The molecule has 0 amide bonds. The number of benzene rings is 2. The first-order valence-electron chi connectivity index (χ1n) is 8.40. The average Bonchev–Trinajstić information content (AvgIpc) is 2.91. The lowest BCUT2D eigenvalue weighted by atomic mass is 10.1. The van der Waals surface area contributed by atoms with Gasteiger partial charge in [-0.1, -0.05) is 88.7 Å². The van der Waals surface area contributed by atoms with Crippen molar-refractivity contribution in [1.29, 1.82) is 0 Å². The zero-order valence-electron chi connectivity index (χ0n) is 14.1. The Morgan fingerprint density at radius 2 is 1.29 bits per heavy atom. The van der Waals surface area contributed by atoms with E-state index in [-0.39, 0.29) is 0 Å². The van der Waals surface area contributed by atoms with Gasteiger partial charge in [0, 0.05) is 0 Å². The van der Waals surface area contributed by atoms with Gasteiger partial charge in [-0.2, -0.15) is 0 Å². The van der Waals surface area contributed by atoms with Gasteiger partial charge in [0.2, 0.25) is 0 Å². The maximum atomic E-state index is 2.32. The minimum Gasteiger partial charge on any atom is -0.0683 e. The van der Waals surface area contributed by atoms with E-state index in [1.807, 2.05) is 13.8 Å². The van der Waals surface area contributed by atoms with Crippen LogP contribution in [-0.2, 0) is 19.3 Å². The quantitative estimate of drug-likeness (QED) is 0.625. The van der Waals surface area contributed by atoms with E-state index in [4.69, 9.17) is 0 Å². The summed E-state index contributed by atoms with van der Waals surface area (Å²) in [7, 11) is 0. The number of rotatable bonds is 2. The van der Waals surface area contributed by atoms with Gasteiger partial charge in [-0.15, -0.1) is 0 Å². The predicted octanol–water partition coefficient (Wildman–Crippen LogP) is 6.09. The molecule has 21 heavy (non-hydrogen) atoms. The van der Waals surface area contributed by atoms with Crippen LogP contribution in [0, 0.1) is 5.92 Å². The molecule has 0 aromatic heterocycles. The van der Waals surface area contributed by atoms with Gasteiger partial charge >= 0.3 is 0 Å². The van der Waals surface area contributed by atoms with Crippen molar-refractivity contribution in [3.05, 3.63) is 71.3 Å². The third-order valence-corrected chi connectivity index (χ3v) is 3.64. The number of fused-ring (bicyclic) bond motifs is 1. The monoisotopic (exact) mass is 282 g/mol. The SMILES string of the molecule is CC.CC1Cc2ccccc2C1.CCCc1ccccc1. The fourth-order valence-electron chi connectivity index (χ4n) is 2.71. The summed E-state index contributed by atoms with van der Waals surface area (Å²) in [6.45, 7) is 8.52. The maximum absolute atomic E-state index is 2.32. The van der Waals surface area contributed by atoms with Gasteiger partial charge in [0.1, 0.15) is 0 Å². The molecular formula is C21H30. The molecule has 1 aliphatic carbocycles. The number of aryl methyl sites for hydroxylation is 1. The van der Waals surface area contributed by atoms with Gasteiger partial charge < -0.3 is 0 Å². The largest absolute Gasteiger partial charge is 0.0683 e. The Morgan fingerprint density at radius 1 is 0.810 bits per heavy atom. The van der Waals surface area contributed by atoms with Crippen molar-refractivity contribution in [2.24, 2.45) is 5.92 Å². The predicted molar refractivity (Wildman–Crippen MR) is 94.8 cm³/mol. The normalized spacial score (nSPS) is 12.6. The molecule has 0 bridgehead atoms. The molecule has 0 saturated carbocycles. The van der Waals surface area contributed by atoms with Crippen LogP contribution < -0.4 is 0 Å². The smallest absolute Gasteiger partial charge is 0.0247 e. The molecular weight excluding hydrogens is 252 g/mol. The first-order chi connectivity index (χ1) is 10.3. The molecule has 0 N–H and O–H groups in total. The molecule has 2 aromatic rings. The van der Waals surface area contributed by atoms with Crippen molar-refractivity contribution in [2.75, 3.05) is 0 Å². The Hall–Kier alpha value is -1.56. The van der Waals surface area contributed by atoms with Crippen molar-refractivity contribution in [3.63, 3.8) is 0 Å². The van der Waals surface area contributed by atoms with Crippen LogP contribution in [0.15, 0.2) is 54.6 Å². The van der Waals surface area contributed by atoms with E-state index < -0.39 is 0 Å². The number of hydrogen-bond donors (Lipinski definition) is 0. The van der Waals surface area contributed by atoms with Gasteiger partial charge in [-0.25, -0.2) is 0 Å². The average molecular weight is 282 g/mol. The molecule has 0 spiro atoms. The Morgan fingerprint density at radius 3 is 1.76 bits per heavy atom. The Kier molecular flexibility index (Phi) is 8.50. The first-order valence-corrected chi connectivity index (χ1v) is 8.40. The standard InChI is InChI=1S/C10H12.C9H12.C2H6/c1-8-6-9-4-2-3-5-10(9)7-8;1-2-6-9-7-4-3-5-8-9;1-2/h2-5,8H,6-7H2,1H3;3-5,7-8H,2,6H2,1H3;1-2H3. The maximum Gasteiger partial charge on any atom is -0.0247 e. The first kappa shape index (κ1) is 17.5. The van der Waals surface area contributed by atoms with Crippen LogP contribution in [0.3, 0.4) is 0 Å². The molecule has 0 heterocycles. The Bertz CT molecular complexity index is 459. The summed E-state index contributed by atoms with van der Waals surface area (Å²) in [5.41, 5.74) is 4.57. The molecule has 0 saturated heterocycles. The lowest BCUT2D eigenvalue weighted by molar-refractivity contribution is 0.628. The number of hydrogen-bond acceptors (Lipinski definition) is 0. The lowest BCUT2D eigenvalue weighted by Gasteiger charge is -1.93. The summed E-state index contributed by atoms with van der Waals surface area (Å²) in [4.78, 5) is 0. The van der Waals surface area contributed by atoms with Gasteiger partial charge in [-0.05, 0) is 41.9 Å². The minimum absolute atomic E-state index is 0.873. The molecule has 0 fully saturated rings.